The molecule has 25 heavy (non-hydrogen) atoms. The monoisotopic (exact) mass is 343 g/mol. The van der Waals surface area contributed by atoms with Crippen molar-refractivity contribution in [1.29, 1.82) is 0 Å². The Balaban J connectivity index is 1.90. The fourth-order valence-electron chi connectivity index (χ4n) is 2.71. The maximum atomic E-state index is 5.91. The zero-order valence-corrected chi connectivity index (χ0v) is 15.5. The highest BCUT2D eigenvalue weighted by atomic mass is 16.5. The summed E-state index contributed by atoms with van der Waals surface area (Å²) >= 11 is 0. The van der Waals surface area contributed by atoms with Gasteiger partial charge < -0.3 is 19.5 Å². The van der Waals surface area contributed by atoms with Crippen molar-refractivity contribution in [2.45, 2.75) is 26.8 Å². The summed E-state index contributed by atoms with van der Waals surface area (Å²) in [7, 11) is 1.67. The van der Waals surface area contributed by atoms with Gasteiger partial charge in [-0.15, -0.1) is 0 Å². The van der Waals surface area contributed by atoms with Gasteiger partial charge in [-0.05, 0) is 44.0 Å². The molecule has 0 spiro atoms. The Morgan fingerprint density at radius 3 is 2.52 bits per heavy atom. The second kappa shape index (κ2) is 10.7. The van der Waals surface area contributed by atoms with Crippen LogP contribution >= 0.6 is 0 Å². The molecule has 0 bridgehead atoms. The van der Waals surface area contributed by atoms with Gasteiger partial charge in [0, 0.05) is 18.7 Å². The van der Waals surface area contributed by atoms with Crippen LogP contribution in [0.1, 0.15) is 23.6 Å². The molecule has 0 unspecified atom stereocenters. The van der Waals surface area contributed by atoms with Crippen molar-refractivity contribution in [3.05, 3.63) is 59.2 Å². The van der Waals surface area contributed by atoms with E-state index in [0.29, 0.717) is 19.8 Å². The lowest BCUT2D eigenvalue weighted by Crippen LogP contribution is -2.18. The van der Waals surface area contributed by atoms with Gasteiger partial charge >= 0.3 is 0 Å². The van der Waals surface area contributed by atoms with Gasteiger partial charge in [0.15, 0.2) is 11.5 Å². The quantitative estimate of drug-likeness (QED) is 0.631. The van der Waals surface area contributed by atoms with Crippen molar-refractivity contribution in [2.24, 2.45) is 0 Å². The van der Waals surface area contributed by atoms with Crippen LogP contribution in [0.2, 0.25) is 0 Å². The number of nitrogens with one attached hydrogen (secondary N) is 1. The molecule has 0 saturated heterocycles. The summed E-state index contributed by atoms with van der Waals surface area (Å²) in [6, 6.07) is 14.5. The van der Waals surface area contributed by atoms with Crippen LogP contribution in [0.25, 0.3) is 0 Å². The fourth-order valence-corrected chi connectivity index (χ4v) is 2.71. The molecule has 0 heterocycles. The molecule has 2 aromatic carbocycles. The molecule has 0 atom stereocenters. The summed E-state index contributed by atoms with van der Waals surface area (Å²) in [6.07, 6.45) is 1.01. The predicted octanol–water partition coefficient (Wildman–Crippen LogP) is 3.75. The van der Waals surface area contributed by atoms with E-state index in [2.05, 4.69) is 42.6 Å². The third-order valence-corrected chi connectivity index (χ3v) is 4.11. The topological polar surface area (TPSA) is 39.7 Å². The third kappa shape index (κ3) is 6.07. The molecule has 1 N–H and O–H groups in total. The molecule has 136 valence electrons. The Morgan fingerprint density at radius 1 is 0.960 bits per heavy atom. The standard InChI is InChI=1S/C21H29NO3/c1-4-24-14-15-25-21-19(10-7-11-20(21)23-3)16-22-13-12-18-9-6-5-8-17(18)2/h5-11,22H,4,12-16H2,1-3H3. The van der Waals surface area contributed by atoms with E-state index in [1.807, 2.05) is 19.1 Å². The van der Waals surface area contributed by atoms with Gasteiger partial charge in [-0.1, -0.05) is 36.4 Å². The number of rotatable bonds is 11. The van der Waals surface area contributed by atoms with Crippen LogP contribution in [0.5, 0.6) is 11.5 Å². The summed E-state index contributed by atoms with van der Waals surface area (Å²) in [5, 5.41) is 3.50. The summed E-state index contributed by atoms with van der Waals surface area (Å²) in [5.41, 5.74) is 3.82. The van der Waals surface area contributed by atoms with E-state index in [-0.39, 0.29) is 0 Å². The molecule has 0 aromatic heterocycles. The maximum Gasteiger partial charge on any atom is 0.165 e. The third-order valence-electron chi connectivity index (χ3n) is 4.11. The van der Waals surface area contributed by atoms with E-state index in [4.69, 9.17) is 14.2 Å². The highest BCUT2D eigenvalue weighted by Gasteiger charge is 2.10. The Kier molecular flexibility index (Phi) is 8.29. The zero-order chi connectivity index (χ0) is 17.9. The summed E-state index contributed by atoms with van der Waals surface area (Å²) in [5.74, 6) is 1.56. The minimum absolute atomic E-state index is 0.518. The van der Waals surface area contributed by atoms with Crippen molar-refractivity contribution < 1.29 is 14.2 Å². The van der Waals surface area contributed by atoms with Crippen LogP contribution in [-0.2, 0) is 17.7 Å². The largest absolute Gasteiger partial charge is 0.493 e. The van der Waals surface area contributed by atoms with Gasteiger partial charge in [-0.2, -0.15) is 0 Å². The number of methoxy groups -OCH3 is 1. The van der Waals surface area contributed by atoms with Crippen molar-refractivity contribution in [3.63, 3.8) is 0 Å². The van der Waals surface area contributed by atoms with E-state index in [1.165, 1.54) is 11.1 Å². The molecule has 4 heteroatoms. The van der Waals surface area contributed by atoms with Crippen molar-refractivity contribution in [3.8, 4) is 11.5 Å². The summed E-state index contributed by atoms with van der Waals surface area (Å²) in [6.45, 7) is 7.59. The van der Waals surface area contributed by atoms with Crippen LogP contribution in [0, 0.1) is 6.92 Å². The number of ether oxygens (including phenoxy) is 3. The van der Waals surface area contributed by atoms with Crippen LogP contribution in [0.3, 0.4) is 0 Å². The highest BCUT2D eigenvalue weighted by Crippen LogP contribution is 2.31. The Morgan fingerprint density at radius 2 is 1.76 bits per heavy atom. The summed E-state index contributed by atoms with van der Waals surface area (Å²) in [4.78, 5) is 0. The first-order chi connectivity index (χ1) is 12.3. The van der Waals surface area contributed by atoms with Crippen molar-refractivity contribution in [1.82, 2.24) is 5.32 Å². The van der Waals surface area contributed by atoms with Crippen molar-refractivity contribution in [2.75, 3.05) is 33.5 Å². The fraction of sp³-hybridized carbons (Fsp3) is 0.429. The number of benzene rings is 2. The number of hydrogen-bond acceptors (Lipinski definition) is 4. The highest BCUT2D eigenvalue weighted by molar-refractivity contribution is 5.46. The van der Waals surface area contributed by atoms with Gasteiger partial charge in [0.1, 0.15) is 6.61 Å². The van der Waals surface area contributed by atoms with Crippen LogP contribution in [0.15, 0.2) is 42.5 Å². The minimum Gasteiger partial charge on any atom is -0.493 e. The molecule has 0 aliphatic heterocycles. The van der Waals surface area contributed by atoms with Gasteiger partial charge in [0.25, 0.3) is 0 Å². The molecule has 0 radical (unpaired) electrons. The molecular weight excluding hydrogens is 314 g/mol. The molecule has 0 aliphatic rings. The van der Waals surface area contributed by atoms with Crippen LogP contribution < -0.4 is 14.8 Å². The molecule has 0 fully saturated rings. The Labute approximate surface area is 151 Å². The van der Waals surface area contributed by atoms with E-state index < -0.39 is 0 Å². The van der Waals surface area contributed by atoms with Gasteiger partial charge in [-0.3, -0.25) is 0 Å². The first-order valence-electron chi connectivity index (χ1n) is 8.88. The average molecular weight is 343 g/mol. The molecule has 2 rings (SSSR count). The SMILES string of the molecule is CCOCCOc1c(CNCCc2ccccc2C)cccc1OC. The summed E-state index contributed by atoms with van der Waals surface area (Å²) < 4.78 is 16.7. The molecule has 0 saturated carbocycles. The number of para-hydroxylation sites is 1. The first-order valence-corrected chi connectivity index (χ1v) is 8.88. The normalized spacial score (nSPS) is 10.7. The van der Waals surface area contributed by atoms with E-state index in [0.717, 1.165) is 36.6 Å². The average Bonchev–Trinajstić information content (AvgIpc) is 2.64. The van der Waals surface area contributed by atoms with Gasteiger partial charge in [0.2, 0.25) is 0 Å². The first kappa shape index (κ1) is 19.3. The lowest BCUT2D eigenvalue weighted by atomic mass is 10.1. The van der Waals surface area contributed by atoms with E-state index in [1.54, 1.807) is 7.11 Å². The molecule has 4 nitrogen and oxygen atoms in total. The zero-order valence-electron chi connectivity index (χ0n) is 15.5. The van der Waals surface area contributed by atoms with Crippen LogP contribution in [-0.4, -0.2) is 33.5 Å². The van der Waals surface area contributed by atoms with E-state index >= 15 is 0 Å². The van der Waals surface area contributed by atoms with Crippen LogP contribution in [0.4, 0.5) is 0 Å². The van der Waals surface area contributed by atoms with Crippen molar-refractivity contribution >= 4 is 0 Å². The minimum atomic E-state index is 0.518. The number of aryl methyl sites for hydroxylation is 1. The maximum absolute atomic E-state index is 5.91. The smallest absolute Gasteiger partial charge is 0.165 e. The van der Waals surface area contributed by atoms with E-state index in [9.17, 15) is 0 Å². The predicted molar refractivity (Wildman–Crippen MR) is 102 cm³/mol. The van der Waals surface area contributed by atoms with Gasteiger partial charge in [0.05, 0.1) is 13.7 Å². The second-order valence-corrected chi connectivity index (χ2v) is 5.85. The molecule has 0 amide bonds. The lowest BCUT2D eigenvalue weighted by Gasteiger charge is -2.16. The molecule has 2 aromatic rings. The van der Waals surface area contributed by atoms with Gasteiger partial charge in [-0.25, -0.2) is 0 Å². The Hall–Kier alpha value is -2.04. The lowest BCUT2D eigenvalue weighted by molar-refractivity contribution is 0.108. The number of hydrogen-bond donors (Lipinski definition) is 1. The molecule has 0 aliphatic carbocycles. The second-order valence-electron chi connectivity index (χ2n) is 5.85. The molecular formula is C21H29NO3. The Bertz CT molecular complexity index is 643.